The lowest BCUT2D eigenvalue weighted by Crippen LogP contribution is -2.14. The van der Waals surface area contributed by atoms with E-state index in [2.05, 4.69) is 22.2 Å². The van der Waals surface area contributed by atoms with Gasteiger partial charge < -0.3 is 4.74 Å². The molecule has 0 radical (unpaired) electrons. The van der Waals surface area contributed by atoms with E-state index in [0.717, 1.165) is 34.8 Å². The van der Waals surface area contributed by atoms with Crippen molar-refractivity contribution in [1.82, 2.24) is 9.97 Å². The lowest BCUT2D eigenvalue weighted by Gasteiger charge is -2.07. The third-order valence-electron chi connectivity index (χ3n) is 3.52. The van der Waals surface area contributed by atoms with Crippen molar-refractivity contribution >= 4 is 23.1 Å². The first-order valence-corrected chi connectivity index (χ1v) is 9.05. The molecule has 128 valence electrons. The minimum Gasteiger partial charge on any atom is -0.449 e. The van der Waals surface area contributed by atoms with Gasteiger partial charge in [0.1, 0.15) is 5.01 Å². The van der Waals surface area contributed by atoms with Crippen LogP contribution in [0.15, 0.2) is 54.0 Å². The molecule has 6 heteroatoms. The van der Waals surface area contributed by atoms with E-state index in [9.17, 15) is 4.79 Å². The highest BCUT2D eigenvalue weighted by Crippen LogP contribution is 2.28. The average Bonchev–Trinajstić information content (AvgIpc) is 3.13. The molecule has 1 amide bonds. The molecule has 5 nitrogen and oxygen atoms in total. The van der Waals surface area contributed by atoms with E-state index in [1.165, 1.54) is 0 Å². The molecule has 3 rings (SSSR count). The molecule has 0 saturated carbocycles. The predicted molar refractivity (Wildman–Crippen MR) is 101 cm³/mol. The van der Waals surface area contributed by atoms with E-state index in [-0.39, 0.29) is 0 Å². The van der Waals surface area contributed by atoms with Gasteiger partial charge in [-0.1, -0.05) is 31.5 Å². The molecule has 0 aliphatic rings. The van der Waals surface area contributed by atoms with Gasteiger partial charge in [-0.25, -0.2) is 9.78 Å². The van der Waals surface area contributed by atoms with Crippen molar-refractivity contribution < 1.29 is 9.53 Å². The van der Waals surface area contributed by atoms with Crippen LogP contribution in [0.5, 0.6) is 0 Å². The first kappa shape index (κ1) is 17.1. The lowest BCUT2D eigenvalue weighted by molar-refractivity contribution is 0.160. The van der Waals surface area contributed by atoms with E-state index >= 15 is 0 Å². The standard InChI is InChI=1S/C19H19N3O2S/c1-2-3-11-24-19(23)21-15-8-6-7-14(12-15)17-13-25-18(22-17)16-9-4-5-10-20-16/h4-10,12-13H,2-3,11H2,1H3,(H,21,23). The van der Waals surface area contributed by atoms with Crippen LogP contribution in [0.25, 0.3) is 22.0 Å². The number of anilines is 1. The summed E-state index contributed by atoms with van der Waals surface area (Å²) in [4.78, 5) is 20.7. The number of benzene rings is 1. The quantitative estimate of drug-likeness (QED) is 0.617. The van der Waals surface area contributed by atoms with Crippen LogP contribution in [0.2, 0.25) is 0 Å². The summed E-state index contributed by atoms with van der Waals surface area (Å²) in [5, 5.41) is 5.61. The summed E-state index contributed by atoms with van der Waals surface area (Å²) in [5.74, 6) is 0. The lowest BCUT2D eigenvalue weighted by atomic mass is 10.1. The number of aromatic nitrogens is 2. The Kier molecular flexibility index (Phi) is 5.74. The van der Waals surface area contributed by atoms with Crippen molar-refractivity contribution in [3.05, 3.63) is 54.0 Å². The molecule has 0 fully saturated rings. The van der Waals surface area contributed by atoms with Crippen molar-refractivity contribution in [3.63, 3.8) is 0 Å². The normalized spacial score (nSPS) is 10.4. The van der Waals surface area contributed by atoms with E-state index < -0.39 is 6.09 Å². The Labute approximate surface area is 150 Å². The number of pyridine rings is 1. The molecule has 0 saturated heterocycles. The number of carbonyl (C=O) groups excluding carboxylic acids is 1. The van der Waals surface area contributed by atoms with Crippen LogP contribution in [0.1, 0.15) is 19.8 Å². The molecule has 0 atom stereocenters. The third-order valence-corrected chi connectivity index (χ3v) is 4.39. The van der Waals surface area contributed by atoms with E-state index in [1.54, 1.807) is 17.5 Å². The Morgan fingerprint density at radius 1 is 1.20 bits per heavy atom. The summed E-state index contributed by atoms with van der Waals surface area (Å²) < 4.78 is 5.12. The van der Waals surface area contributed by atoms with Crippen molar-refractivity contribution in [3.8, 4) is 22.0 Å². The Morgan fingerprint density at radius 3 is 2.92 bits per heavy atom. The predicted octanol–water partition coefficient (Wildman–Crippen LogP) is 5.22. The van der Waals surface area contributed by atoms with Crippen molar-refractivity contribution in [2.75, 3.05) is 11.9 Å². The van der Waals surface area contributed by atoms with E-state index in [4.69, 9.17) is 4.74 Å². The summed E-state index contributed by atoms with van der Waals surface area (Å²) in [6.07, 6.45) is 3.18. The zero-order chi connectivity index (χ0) is 17.5. The molecular formula is C19H19N3O2S. The molecule has 0 bridgehead atoms. The second-order valence-corrected chi connectivity index (χ2v) is 6.31. The SMILES string of the molecule is CCCCOC(=O)Nc1cccc(-c2csc(-c3ccccn3)n2)c1. The Hall–Kier alpha value is -2.73. The van der Waals surface area contributed by atoms with Crippen LogP contribution in [0.4, 0.5) is 10.5 Å². The number of ether oxygens (including phenoxy) is 1. The topological polar surface area (TPSA) is 64.1 Å². The minimum atomic E-state index is -0.432. The number of rotatable bonds is 6. The van der Waals surface area contributed by atoms with Crippen LogP contribution < -0.4 is 5.32 Å². The monoisotopic (exact) mass is 353 g/mol. The molecule has 0 unspecified atom stereocenters. The Morgan fingerprint density at radius 2 is 2.12 bits per heavy atom. The van der Waals surface area contributed by atoms with E-state index in [1.807, 2.05) is 47.8 Å². The molecular weight excluding hydrogens is 334 g/mol. The smallest absolute Gasteiger partial charge is 0.411 e. The Bertz CT molecular complexity index is 833. The largest absolute Gasteiger partial charge is 0.449 e. The van der Waals surface area contributed by atoms with Crippen LogP contribution in [-0.4, -0.2) is 22.7 Å². The maximum Gasteiger partial charge on any atom is 0.411 e. The summed E-state index contributed by atoms with van der Waals surface area (Å²) in [5.41, 5.74) is 3.33. The number of carbonyl (C=O) groups is 1. The first-order chi connectivity index (χ1) is 12.3. The molecule has 0 aliphatic carbocycles. The van der Waals surface area contributed by atoms with Gasteiger partial charge in [-0.2, -0.15) is 0 Å². The van der Waals surface area contributed by atoms with Gasteiger partial charge in [0.05, 0.1) is 18.0 Å². The Balaban J connectivity index is 1.71. The minimum absolute atomic E-state index is 0.432. The third kappa shape index (κ3) is 4.64. The summed E-state index contributed by atoms with van der Waals surface area (Å²) in [6, 6.07) is 13.3. The first-order valence-electron chi connectivity index (χ1n) is 8.17. The van der Waals surface area contributed by atoms with Gasteiger partial charge >= 0.3 is 6.09 Å². The number of thiazole rings is 1. The fraction of sp³-hybridized carbons (Fsp3) is 0.211. The van der Waals surface area contributed by atoms with Crippen LogP contribution in [0, 0.1) is 0 Å². The summed E-state index contributed by atoms with van der Waals surface area (Å²) >= 11 is 1.55. The van der Waals surface area contributed by atoms with Gasteiger partial charge in [-0.05, 0) is 30.7 Å². The molecule has 2 aromatic heterocycles. The summed E-state index contributed by atoms with van der Waals surface area (Å²) in [6.45, 7) is 2.49. The number of amides is 1. The molecule has 1 N–H and O–H groups in total. The highest BCUT2D eigenvalue weighted by Gasteiger charge is 2.09. The number of hydrogen-bond donors (Lipinski definition) is 1. The van der Waals surface area contributed by atoms with Gasteiger partial charge in [-0.3, -0.25) is 10.3 Å². The molecule has 2 heterocycles. The van der Waals surface area contributed by atoms with Gasteiger partial charge in [0.2, 0.25) is 0 Å². The molecule has 25 heavy (non-hydrogen) atoms. The van der Waals surface area contributed by atoms with Crippen LogP contribution in [-0.2, 0) is 4.74 Å². The molecule has 0 aliphatic heterocycles. The summed E-state index contributed by atoms with van der Waals surface area (Å²) in [7, 11) is 0. The average molecular weight is 353 g/mol. The molecule has 1 aromatic carbocycles. The van der Waals surface area contributed by atoms with Crippen molar-refractivity contribution in [1.29, 1.82) is 0 Å². The number of nitrogens with one attached hydrogen (secondary N) is 1. The van der Waals surface area contributed by atoms with Gasteiger partial charge in [0.25, 0.3) is 0 Å². The van der Waals surface area contributed by atoms with Crippen molar-refractivity contribution in [2.45, 2.75) is 19.8 Å². The highest BCUT2D eigenvalue weighted by atomic mass is 32.1. The van der Waals surface area contributed by atoms with Gasteiger partial charge in [0.15, 0.2) is 0 Å². The van der Waals surface area contributed by atoms with Crippen molar-refractivity contribution in [2.24, 2.45) is 0 Å². The number of nitrogens with zero attached hydrogens (tertiary/aromatic N) is 2. The second-order valence-electron chi connectivity index (χ2n) is 5.45. The second kappa shape index (κ2) is 8.39. The number of hydrogen-bond acceptors (Lipinski definition) is 5. The maximum atomic E-state index is 11.8. The zero-order valence-corrected chi connectivity index (χ0v) is 14.8. The van der Waals surface area contributed by atoms with Crippen LogP contribution in [0.3, 0.4) is 0 Å². The fourth-order valence-corrected chi connectivity index (χ4v) is 3.04. The van der Waals surface area contributed by atoms with Crippen LogP contribution >= 0.6 is 11.3 Å². The van der Waals surface area contributed by atoms with E-state index in [0.29, 0.717) is 12.3 Å². The fourth-order valence-electron chi connectivity index (χ4n) is 2.23. The molecule has 3 aromatic rings. The number of unbranched alkanes of at least 4 members (excludes halogenated alkanes) is 1. The zero-order valence-electron chi connectivity index (χ0n) is 13.9. The molecule has 0 spiro atoms. The maximum absolute atomic E-state index is 11.8. The highest BCUT2D eigenvalue weighted by molar-refractivity contribution is 7.13. The van der Waals surface area contributed by atoms with Gasteiger partial charge in [-0.15, -0.1) is 11.3 Å². The van der Waals surface area contributed by atoms with Gasteiger partial charge in [0, 0.05) is 22.8 Å².